The minimum Gasteiger partial charge on any atom is -0.309 e. The van der Waals surface area contributed by atoms with E-state index in [1.54, 1.807) is 12.1 Å². The van der Waals surface area contributed by atoms with Crippen molar-refractivity contribution in [2.45, 2.75) is 39.3 Å². The molecule has 1 atom stereocenters. The number of hydrogen-bond donors (Lipinski definition) is 1. The summed E-state index contributed by atoms with van der Waals surface area (Å²) in [7, 11) is 0. The molecule has 0 spiro atoms. The van der Waals surface area contributed by atoms with E-state index in [1.165, 1.54) is 6.07 Å². The van der Waals surface area contributed by atoms with Crippen molar-refractivity contribution in [1.82, 2.24) is 15.1 Å². The zero-order chi connectivity index (χ0) is 14.4. The Labute approximate surface area is 119 Å². The van der Waals surface area contributed by atoms with Gasteiger partial charge in [-0.1, -0.05) is 26.0 Å². The average Bonchev–Trinajstić information content (AvgIpc) is 2.87. The summed E-state index contributed by atoms with van der Waals surface area (Å²) < 4.78 is 15.3. The Balaban J connectivity index is 2.20. The molecule has 0 radical (unpaired) electrons. The zero-order valence-corrected chi connectivity index (χ0v) is 12.1. The molecule has 108 valence electrons. The van der Waals surface area contributed by atoms with Gasteiger partial charge >= 0.3 is 0 Å². The van der Waals surface area contributed by atoms with Gasteiger partial charge in [0.05, 0.1) is 11.7 Å². The number of aromatic nitrogens is 2. The summed E-state index contributed by atoms with van der Waals surface area (Å²) >= 11 is 0. The normalized spacial score (nSPS) is 12.6. The van der Waals surface area contributed by atoms with Crippen molar-refractivity contribution in [2.75, 3.05) is 6.54 Å². The molecule has 1 N–H and O–H groups in total. The van der Waals surface area contributed by atoms with E-state index in [1.807, 2.05) is 23.0 Å². The Hall–Kier alpha value is -1.68. The van der Waals surface area contributed by atoms with Crippen LogP contribution in [0.4, 0.5) is 4.39 Å². The number of nitrogens with one attached hydrogen (secondary N) is 1. The van der Waals surface area contributed by atoms with Crippen molar-refractivity contribution in [3.63, 3.8) is 0 Å². The van der Waals surface area contributed by atoms with Crippen LogP contribution in [0.5, 0.6) is 0 Å². The lowest BCUT2D eigenvalue weighted by molar-refractivity contribution is 0.477. The van der Waals surface area contributed by atoms with Gasteiger partial charge in [0, 0.05) is 12.7 Å². The van der Waals surface area contributed by atoms with Crippen LogP contribution in [-0.2, 0) is 13.0 Å². The summed E-state index contributed by atoms with van der Waals surface area (Å²) in [5.41, 5.74) is 2.16. The largest absolute Gasteiger partial charge is 0.309 e. The van der Waals surface area contributed by atoms with Gasteiger partial charge in [0.1, 0.15) is 5.82 Å². The predicted molar refractivity (Wildman–Crippen MR) is 79.0 cm³/mol. The van der Waals surface area contributed by atoms with Crippen LogP contribution >= 0.6 is 0 Å². The lowest BCUT2D eigenvalue weighted by atomic mass is 10.0. The van der Waals surface area contributed by atoms with Crippen molar-refractivity contribution in [3.05, 3.63) is 53.6 Å². The maximum Gasteiger partial charge on any atom is 0.123 e. The van der Waals surface area contributed by atoms with Crippen LogP contribution in [0.25, 0.3) is 0 Å². The van der Waals surface area contributed by atoms with Crippen molar-refractivity contribution in [1.29, 1.82) is 0 Å². The molecule has 0 bridgehead atoms. The number of likely N-dealkylation sites (N-methyl/N-ethyl adjacent to an activating group) is 1. The Morgan fingerprint density at radius 1 is 1.30 bits per heavy atom. The summed E-state index contributed by atoms with van der Waals surface area (Å²) in [6, 6.07) is 9.02. The molecule has 1 aromatic heterocycles. The SMILES string of the molecule is CCCn1nccc1C(Cc1cccc(F)c1)NCC. The molecule has 1 unspecified atom stereocenters. The molecule has 0 saturated heterocycles. The summed E-state index contributed by atoms with van der Waals surface area (Å²) in [6.45, 7) is 6.00. The number of nitrogens with zero attached hydrogens (tertiary/aromatic N) is 2. The second-order valence-corrected chi connectivity index (χ2v) is 4.92. The van der Waals surface area contributed by atoms with E-state index >= 15 is 0 Å². The molecule has 0 aliphatic heterocycles. The smallest absolute Gasteiger partial charge is 0.123 e. The Morgan fingerprint density at radius 2 is 2.15 bits per heavy atom. The van der Waals surface area contributed by atoms with E-state index in [0.717, 1.165) is 37.2 Å². The van der Waals surface area contributed by atoms with E-state index < -0.39 is 0 Å². The molecule has 4 heteroatoms. The first kappa shape index (κ1) is 14.7. The van der Waals surface area contributed by atoms with Gasteiger partial charge in [0.15, 0.2) is 0 Å². The van der Waals surface area contributed by atoms with Crippen molar-refractivity contribution in [3.8, 4) is 0 Å². The maximum atomic E-state index is 13.3. The number of benzene rings is 1. The van der Waals surface area contributed by atoms with Crippen LogP contribution in [-0.4, -0.2) is 16.3 Å². The summed E-state index contributed by atoms with van der Waals surface area (Å²) in [5.74, 6) is -0.181. The van der Waals surface area contributed by atoms with Crippen molar-refractivity contribution >= 4 is 0 Å². The second-order valence-electron chi connectivity index (χ2n) is 4.92. The highest BCUT2D eigenvalue weighted by Gasteiger charge is 2.15. The number of hydrogen-bond acceptors (Lipinski definition) is 2. The molecule has 1 heterocycles. The van der Waals surface area contributed by atoms with E-state index in [9.17, 15) is 4.39 Å². The van der Waals surface area contributed by atoms with Crippen molar-refractivity contribution in [2.24, 2.45) is 0 Å². The molecule has 2 aromatic rings. The Kier molecular flexibility index (Phi) is 5.30. The zero-order valence-electron chi connectivity index (χ0n) is 12.1. The van der Waals surface area contributed by atoms with Gasteiger partial charge in [-0.25, -0.2) is 4.39 Å². The predicted octanol–water partition coefficient (Wildman–Crippen LogP) is 3.33. The monoisotopic (exact) mass is 275 g/mol. The fourth-order valence-corrected chi connectivity index (χ4v) is 2.46. The molecule has 3 nitrogen and oxygen atoms in total. The standard InChI is InChI=1S/C16H22FN3/c1-3-10-20-16(8-9-19-20)15(18-4-2)12-13-6-5-7-14(17)11-13/h5-9,11,15,18H,3-4,10,12H2,1-2H3. The summed E-state index contributed by atoms with van der Waals surface area (Å²) in [5, 5.41) is 7.84. The fraction of sp³-hybridized carbons (Fsp3) is 0.438. The van der Waals surface area contributed by atoms with Crippen molar-refractivity contribution < 1.29 is 4.39 Å². The average molecular weight is 275 g/mol. The van der Waals surface area contributed by atoms with Gasteiger partial charge < -0.3 is 5.32 Å². The third-order valence-electron chi connectivity index (χ3n) is 3.32. The molecule has 0 saturated carbocycles. The Morgan fingerprint density at radius 3 is 2.85 bits per heavy atom. The molecule has 0 amide bonds. The van der Waals surface area contributed by atoms with Gasteiger partial charge in [-0.15, -0.1) is 0 Å². The molecule has 20 heavy (non-hydrogen) atoms. The number of halogens is 1. The maximum absolute atomic E-state index is 13.3. The molecular formula is C16H22FN3. The highest BCUT2D eigenvalue weighted by Crippen LogP contribution is 2.19. The lowest BCUT2D eigenvalue weighted by Gasteiger charge is -2.19. The second kappa shape index (κ2) is 7.20. The van der Waals surface area contributed by atoms with Crippen LogP contribution in [0.1, 0.15) is 37.6 Å². The minimum absolute atomic E-state index is 0.163. The molecule has 1 aromatic carbocycles. The van der Waals surface area contributed by atoms with Crippen LogP contribution in [0, 0.1) is 5.82 Å². The van der Waals surface area contributed by atoms with E-state index in [-0.39, 0.29) is 11.9 Å². The molecule has 0 fully saturated rings. The van der Waals surface area contributed by atoms with E-state index in [4.69, 9.17) is 0 Å². The highest BCUT2D eigenvalue weighted by molar-refractivity contribution is 5.20. The molecule has 0 aliphatic carbocycles. The summed E-state index contributed by atoms with van der Waals surface area (Å²) in [4.78, 5) is 0. The quantitative estimate of drug-likeness (QED) is 0.840. The first-order chi connectivity index (χ1) is 9.74. The van der Waals surface area contributed by atoms with Crippen LogP contribution in [0.2, 0.25) is 0 Å². The third kappa shape index (κ3) is 3.67. The number of rotatable bonds is 7. The van der Waals surface area contributed by atoms with Gasteiger partial charge in [0.25, 0.3) is 0 Å². The van der Waals surface area contributed by atoms with Crippen LogP contribution < -0.4 is 5.32 Å². The number of aryl methyl sites for hydroxylation is 1. The molecule has 0 aliphatic rings. The van der Waals surface area contributed by atoms with Crippen LogP contribution in [0.15, 0.2) is 36.5 Å². The highest BCUT2D eigenvalue weighted by atomic mass is 19.1. The first-order valence-electron chi connectivity index (χ1n) is 7.24. The van der Waals surface area contributed by atoms with Crippen LogP contribution in [0.3, 0.4) is 0 Å². The Bertz CT molecular complexity index is 536. The summed E-state index contributed by atoms with van der Waals surface area (Å²) in [6.07, 6.45) is 3.65. The minimum atomic E-state index is -0.181. The van der Waals surface area contributed by atoms with Gasteiger partial charge in [-0.2, -0.15) is 5.10 Å². The fourth-order valence-electron chi connectivity index (χ4n) is 2.46. The van der Waals surface area contributed by atoms with Gasteiger partial charge in [-0.05, 0) is 43.1 Å². The van der Waals surface area contributed by atoms with E-state index in [2.05, 4.69) is 24.3 Å². The van der Waals surface area contributed by atoms with Gasteiger partial charge in [-0.3, -0.25) is 4.68 Å². The molecular weight excluding hydrogens is 253 g/mol. The lowest BCUT2D eigenvalue weighted by Crippen LogP contribution is -2.25. The van der Waals surface area contributed by atoms with Gasteiger partial charge in [0.2, 0.25) is 0 Å². The topological polar surface area (TPSA) is 29.9 Å². The molecule has 2 rings (SSSR count). The third-order valence-corrected chi connectivity index (χ3v) is 3.32. The van der Waals surface area contributed by atoms with E-state index in [0.29, 0.717) is 0 Å². The first-order valence-corrected chi connectivity index (χ1v) is 7.24.